The number of benzene rings is 1. The van der Waals surface area contributed by atoms with Gasteiger partial charge in [0.2, 0.25) is 0 Å². The third-order valence-electron chi connectivity index (χ3n) is 5.60. The summed E-state index contributed by atoms with van der Waals surface area (Å²) in [5.74, 6) is 1.16. The van der Waals surface area contributed by atoms with Crippen LogP contribution in [-0.2, 0) is 6.54 Å². The van der Waals surface area contributed by atoms with Crippen LogP contribution in [0.1, 0.15) is 52.5 Å². The average Bonchev–Trinajstić information content (AvgIpc) is 3.42. The summed E-state index contributed by atoms with van der Waals surface area (Å²) in [5, 5.41) is 2.92. The SMILES string of the molecule is Cc1ccccc1CN1CC[C@H](CNC(=O)c2cnc(C3CC3)[nH]c2=O)C1. The Hall–Kier alpha value is -2.47. The molecule has 1 amide bonds. The highest BCUT2D eigenvalue weighted by Gasteiger charge is 2.27. The molecule has 1 aromatic carbocycles. The summed E-state index contributed by atoms with van der Waals surface area (Å²) < 4.78 is 0. The van der Waals surface area contributed by atoms with Crippen molar-refractivity contribution in [2.24, 2.45) is 5.92 Å². The number of H-pyrrole nitrogens is 1. The van der Waals surface area contributed by atoms with Gasteiger partial charge in [-0.15, -0.1) is 0 Å². The minimum Gasteiger partial charge on any atom is -0.351 e. The molecule has 1 saturated carbocycles. The summed E-state index contributed by atoms with van der Waals surface area (Å²) in [5.41, 5.74) is 2.44. The monoisotopic (exact) mass is 366 g/mol. The maximum absolute atomic E-state index is 12.4. The lowest BCUT2D eigenvalue weighted by molar-refractivity contribution is 0.0945. The Morgan fingerprint density at radius 2 is 2.11 bits per heavy atom. The predicted octanol–water partition coefficient (Wildman–Crippen LogP) is 2.21. The van der Waals surface area contributed by atoms with Gasteiger partial charge in [0.25, 0.3) is 11.5 Å². The number of hydrogen-bond donors (Lipinski definition) is 2. The van der Waals surface area contributed by atoms with Gasteiger partial charge >= 0.3 is 0 Å². The van der Waals surface area contributed by atoms with E-state index in [0.717, 1.165) is 38.9 Å². The number of amides is 1. The van der Waals surface area contributed by atoms with Crippen molar-refractivity contribution in [3.05, 3.63) is 63.3 Å². The molecule has 2 aliphatic rings. The lowest BCUT2D eigenvalue weighted by Gasteiger charge is -2.17. The zero-order valence-corrected chi connectivity index (χ0v) is 15.7. The quantitative estimate of drug-likeness (QED) is 0.822. The Kier molecular flexibility index (Phi) is 5.07. The van der Waals surface area contributed by atoms with E-state index in [1.165, 1.54) is 17.3 Å². The second-order valence-corrected chi connectivity index (χ2v) is 7.81. The number of aryl methyl sites for hydroxylation is 1. The molecule has 2 N–H and O–H groups in total. The lowest BCUT2D eigenvalue weighted by Crippen LogP contribution is -2.34. The summed E-state index contributed by atoms with van der Waals surface area (Å²) in [6.45, 7) is 5.68. The van der Waals surface area contributed by atoms with E-state index in [1.807, 2.05) is 0 Å². The van der Waals surface area contributed by atoms with Crippen molar-refractivity contribution in [2.45, 2.75) is 38.6 Å². The summed E-state index contributed by atoms with van der Waals surface area (Å²) in [6.07, 6.45) is 4.60. The van der Waals surface area contributed by atoms with Crippen LogP contribution >= 0.6 is 0 Å². The molecule has 1 atom stereocenters. The fourth-order valence-corrected chi connectivity index (χ4v) is 3.72. The number of likely N-dealkylation sites (tertiary alicyclic amines) is 1. The molecular formula is C21H26N4O2. The number of hydrogen-bond acceptors (Lipinski definition) is 4. The van der Waals surface area contributed by atoms with Crippen LogP contribution in [0.15, 0.2) is 35.3 Å². The van der Waals surface area contributed by atoms with Gasteiger partial charge in [-0.3, -0.25) is 14.5 Å². The van der Waals surface area contributed by atoms with Crippen LogP contribution < -0.4 is 10.9 Å². The topological polar surface area (TPSA) is 78.1 Å². The van der Waals surface area contributed by atoms with Crippen LogP contribution in [0, 0.1) is 12.8 Å². The maximum Gasteiger partial charge on any atom is 0.263 e. The molecule has 0 radical (unpaired) electrons. The molecule has 1 aromatic heterocycles. The maximum atomic E-state index is 12.4. The molecule has 2 heterocycles. The summed E-state index contributed by atoms with van der Waals surface area (Å²) >= 11 is 0. The zero-order chi connectivity index (χ0) is 18.8. The van der Waals surface area contributed by atoms with Crippen molar-refractivity contribution >= 4 is 5.91 Å². The fraction of sp³-hybridized carbons (Fsp3) is 0.476. The molecule has 2 aromatic rings. The minimum absolute atomic E-state index is 0.106. The number of aromatic nitrogens is 2. The largest absolute Gasteiger partial charge is 0.351 e. The first kappa shape index (κ1) is 17.9. The molecule has 4 rings (SSSR count). The van der Waals surface area contributed by atoms with Gasteiger partial charge in [-0.2, -0.15) is 0 Å². The molecule has 0 bridgehead atoms. The molecule has 142 valence electrons. The molecule has 6 heteroatoms. The normalized spacial score (nSPS) is 20.0. The van der Waals surface area contributed by atoms with E-state index >= 15 is 0 Å². The Labute approximate surface area is 159 Å². The van der Waals surface area contributed by atoms with E-state index in [0.29, 0.717) is 24.2 Å². The fourth-order valence-electron chi connectivity index (χ4n) is 3.72. The molecule has 27 heavy (non-hydrogen) atoms. The number of aromatic amines is 1. The van der Waals surface area contributed by atoms with Gasteiger partial charge in [-0.05, 0) is 49.8 Å². The minimum atomic E-state index is -0.336. The van der Waals surface area contributed by atoms with E-state index in [4.69, 9.17) is 0 Å². The van der Waals surface area contributed by atoms with Crippen molar-refractivity contribution in [3.63, 3.8) is 0 Å². The standard InChI is InChI=1S/C21H26N4O2/c1-14-4-2-3-5-17(14)13-25-9-8-15(12-25)10-23-20(26)18-11-22-19(16-6-7-16)24-21(18)27/h2-5,11,15-16H,6-10,12-13H2,1H3,(H,23,26)(H,22,24,27)/t15-/m1/s1. The van der Waals surface area contributed by atoms with Crippen molar-refractivity contribution in [3.8, 4) is 0 Å². The van der Waals surface area contributed by atoms with Crippen molar-refractivity contribution in [1.29, 1.82) is 0 Å². The first-order valence-corrected chi connectivity index (χ1v) is 9.74. The van der Waals surface area contributed by atoms with Crippen molar-refractivity contribution in [2.75, 3.05) is 19.6 Å². The summed E-state index contributed by atoms with van der Waals surface area (Å²) in [6, 6.07) is 8.46. The number of carbonyl (C=O) groups excluding carboxylic acids is 1. The number of nitrogens with zero attached hydrogens (tertiary/aromatic N) is 2. The van der Waals surface area contributed by atoms with Crippen LogP contribution in [0.4, 0.5) is 0 Å². The van der Waals surface area contributed by atoms with Gasteiger partial charge in [-0.25, -0.2) is 4.98 Å². The number of nitrogens with one attached hydrogen (secondary N) is 2. The van der Waals surface area contributed by atoms with Gasteiger partial charge < -0.3 is 10.3 Å². The van der Waals surface area contributed by atoms with Gasteiger partial charge in [0.05, 0.1) is 0 Å². The number of rotatable bonds is 6. The highest BCUT2D eigenvalue weighted by molar-refractivity contribution is 5.93. The highest BCUT2D eigenvalue weighted by Crippen LogP contribution is 2.37. The van der Waals surface area contributed by atoms with E-state index in [-0.39, 0.29) is 17.0 Å². The van der Waals surface area contributed by atoms with Crippen LogP contribution in [0.3, 0.4) is 0 Å². The van der Waals surface area contributed by atoms with Gasteiger partial charge in [0.1, 0.15) is 11.4 Å². The Balaban J connectivity index is 1.28. The first-order valence-electron chi connectivity index (χ1n) is 9.74. The van der Waals surface area contributed by atoms with Gasteiger partial charge in [0.15, 0.2) is 0 Å². The Morgan fingerprint density at radius 3 is 2.85 bits per heavy atom. The average molecular weight is 366 g/mol. The van der Waals surface area contributed by atoms with Crippen LogP contribution in [0.2, 0.25) is 0 Å². The lowest BCUT2D eigenvalue weighted by atomic mass is 10.1. The molecule has 0 unspecified atom stereocenters. The van der Waals surface area contributed by atoms with E-state index in [9.17, 15) is 9.59 Å². The predicted molar refractivity (Wildman–Crippen MR) is 104 cm³/mol. The Bertz CT molecular complexity index is 888. The second-order valence-electron chi connectivity index (χ2n) is 7.81. The number of carbonyl (C=O) groups is 1. The van der Waals surface area contributed by atoms with Crippen LogP contribution in [0.5, 0.6) is 0 Å². The van der Waals surface area contributed by atoms with E-state index in [1.54, 1.807) is 0 Å². The molecule has 1 aliphatic heterocycles. The molecule has 2 fully saturated rings. The molecule has 1 saturated heterocycles. The highest BCUT2D eigenvalue weighted by atomic mass is 16.2. The zero-order valence-electron chi connectivity index (χ0n) is 15.7. The van der Waals surface area contributed by atoms with E-state index < -0.39 is 0 Å². The van der Waals surface area contributed by atoms with Crippen LogP contribution in [0.25, 0.3) is 0 Å². The van der Waals surface area contributed by atoms with Gasteiger partial charge in [0, 0.05) is 31.7 Å². The van der Waals surface area contributed by atoms with Crippen LogP contribution in [-0.4, -0.2) is 40.4 Å². The molecule has 0 spiro atoms. The summed E-state index contributed by atoms with van der Waals surface area (Å²) in [4.78, 5) is 33.9. The van der Waals surface area contributed by atoms with Crippen molar-refractivity contribution in [1.82, 2.24) is 20.2 Å². The third-order valence-corrected chi connectivity index (χ3v) is 5.60. The third kappa shape index (κ3) is 4.27. The Morgan fingerprint density at radius 1 is 1.30 bits per heavy atom. The summed E-state index contributed by atoms with van der Waals surface area (Å²) in [7, 11) is 0. The molecular weight excluding hydrogens is 340 g/mol. The molecule has 1 aliphatic carbocycles. The second kappa shape index (κ2) is 7.64. The van der Waals surface area contributed by atoms with Crippen molar-refractivity contribution < 1.29 is 4.79 Å². The smallest absolute Gasteiger partial charge is 0.263 e. The van der Waals surface area contributed by atoms with Gasteiger partial charge in [-0.1, -0.05) is 24.3 Å². The molecule has 6 nitrogen and oxygen atoms in total. The van der Waals surface area contributed by atoms with E-state index in [2.05, 4.69) is 51.4 Å². The first-order chi connectivity index (χ1) is 13.1.